The lowest BCUT2D eigenvalue weighted by Gasteiger charge is -2.29. The molecule has 1 fully saturated rings. The first-order valence-corrected chi connectivity index (χ1v) is 11.9. The molecule has 33 heavy (non-hydrogen) atoms. The van der Waals surface area contributed by atoms with Gasteiger partial charge >= 0.3 is 0 Å². The lowest BCUT2D eigenvalue weighted by molar-refractivity contribution is 0.245. The fourth-order valence-electron chi connectivity index (χ4n) is 4.39. The molecule has 1 aliphatic rings. The largest absolute Gasteiger partial charge is 0.357 e. The second-order valence-corrected chi connectivity index (χ2v) is 8.61. The highest BCUT2D eigenvalue weighted by molar-refractivity contribution is 5.79. The number of aliphatic imine (C=N–C) groups is 1. The average Bonchev–Trinajstić information content (AvgIpc) is 3.48. The van der Waals surface area contributed by atoms with E-state index in [0.717, 1.165) is 54.9 Å². The van der Waals surface area contributed by atoms with E-state index >= 15 is 0 Å². The lowest BCUT2D eigenvalue weighted by Crippen LogP contribution is -2.42. The Morgan fingerprint density at radius 1 is 1.06 bits per heavy atom. The van der Waals surface area contributed by atoms with Crippen LogP contribution < -0.4 is 10.6 Å². The molecule has 174 valence electrons. The summed E-state index contributed by atoms with van der Waals surface area (Å²) in [4.78, 5) is 12.0. The smallest absolute Gasteiger partial charge is 0.191 e. The summed E-state index contributed by atoms with van der Waals surface area (Å²) in [5.74, 6) is 1.66. The van der Waals surface area contributed by atoms with E-state index in [1.165, 1.54) is 18.4 Å². The van der Waals surface area contributed by atoms with E-state index in [9.17, 15) is 0 Å². The Balaban J connectivity index is 1.42. The molecular formula is C26H35N7. The third kappa shape index (κ3) is 5.99. The van der Waals surface area contributed by atoms with Crippen LogP contribution >= 0.6 is 0 Å². The van der Waals surface area contributed by atoms with Gasteiger partial charge in [0.05, 0.1) is 18.3 Å². The summed E-state index contributed by atoms with van der Waals surface area (Å²) in [5.41, 5.74) is 4.49. The number of aryl methyl sites for hydroxylation is 2. The second-order valence-electron chi connectivity index (χ2n) is 8.61. The number of likely N-dealkylation sites (tertiary alicyclic amines) is 1. The molecule has 1 aromatic carbocycles. The van der Waals surface area contributed by atoms with Gasteiger partial charge in [-0.1, -0.05) is 36.4 Å². The van der Waals surface area contributed by atoms with Gasteiger partial charge in [0.1, 0.15) is 0 Å². The summed E-state index contributed by atoms with van der Waals surface area (Å²) in [7, 11) is 0. The molecule has 1 atom stereocenters. The molecule has 0 amide bonds. The molecule has 0 spiro atoms. The first kappa shape index (κ1) is 23.0. The van der Waals surface area contributed by atoms with Crippen LogP contribution in [0.3, 0.4) is 0 Å². The third-order valence-corrected chi connectivity index (χ3v) is 6.03. The molecule has 2 N–H and O–H groups in total. The molecule has 1 unspecified atom stereocenters. The van der Waals surface area contributed by atoms with Crippen LogP contribution in [-0.2, 0) is 6.54 Å². The number of hydrogen-bond acceptors (Lipinski definition) is 4. The molecular weight excluding hydrogens is 410 g/mol. The topological polar surface area (TPSA) is 70.4 Å². The van der Waals surface area contributed by atoms with Crippen molar-refractivity contribution in [1.82, 2.24) is 30.3 Å². The van der Waals surface area contributed by atoms with Crippen molar-refractivity contribution in [3.8, 4) is 5.82 Å². The normalized spacial score (nSPS) is 15.5. The minimum absolute atomic E-state index is 0.347. The molecule has 7 nitrogen and oxygen atoms in total. The fourth-order valence-corrected chi connectivity index (χ4v) is 4.39. The predicted molar refractivity (Wildman–Crippen MR) is 134 cm³/mol. The number of benzene rings is 1. The van der Waals surface area contributed by atoms with Crippen LogP contribution in [0.2, 0.25) is 0 Å². The van der Waals surface area contributed by atoms with Crippen LogP contribution in [0, 0.1) is 13.8 Å². The van der Waals surface area contributed by atoms with Crippen LogP contribution in [0.25, 0.3) is 5.82 Å². The fraction of sp³-hybridized carbons (Fsp3) is 0.423. The number of pyridine rings is 1. The number of hydrogen-bond donors (Lipinski definition) is 2. The van der Waals surface area contributed by atoms with Crippen molar-refractivity contribution in [1.29, 1.82) is 0 Å². The van der Waals surface area contributed by atoms with Gasteiger partial charge in [0.25, 0.3) is 0 Å². The highest BCUT2D eigenvalue weighted by Gasteiger charge is 2.23. The minimum atomic E-state index is 0.347. The van der Waals surface area contributed by atoms with E-state index < -0.39 is 0 Å². The maximum absolute atomic E-state index is 4.81. The van der Waals surface area contributed by atoms with Crippen molar-refractivity contribution >= 4 is 5.96 Å². The summed E-state index contributed by atoms with van der Waals surface area (Å²) >= 11 is 0. The van der Waals surface area contributed by atoms with Gasteiger partial charge in [-0.05, 0) is 70.0 Å². The molecule has 2 aromatic heterocycles. The lowest BCUT2D eigenvalue weighted by atomic mass is 10.1. The van der Waals surface area contributed by atoms with E-state index in [2.05, 4.69) is 75.0 Å². The zero-order valence-electron chi connectivity index (χ0n) is 20.0. The number of rotatable bonds is 8. The summed E-state index contributed by atoms with van der Waals surface area (Å²) < 4.78 is 1.87. The summed E-state index contributed by atoms with van der Waals surface area (Å²) in [5, 5.41) is 11.5. The third-order valence-electron chi connectivity index (χ3n) is 6.03. The van der Waals surface area contributed by atoms with Gasteiger partial charge in [0.15, 0.2) is 11.8 Å². The first-order valence-electron chi connectivity index (χ1n) is 11.9. The average molecular weight is 446 g/mol. The molecule has 3 aromatic rings. The number of guanidine groups is 1. The monoisotopic (exact) mass is 445 g/mol. The van der Waals surface area contributed by atoms with Crippen LogP contribution in [0.4, 0.5) is 0 Å². The minimum Gasteiger partial charge on any atom is -0.357 e. The van der Waals surface area contributed by atoms with Gasteiger partial charge in [0, 0.05) is 25.0 Å². The molecule has 0 aliphatic carbocycles. The van der Waals surface area contributed by atoms with Crippen molar-refractivity contribution in [3.63, 3.8) is 0 Å². The van der Waals surface area contributed by atoms with E-state index in [0.29, 0.717) is 12.6 Å². The predicted octanol–water partition coefficient (Wildman–Crippen LogP) is 3.78. The van der Waals surface area contributed by atoms with Crippen LogP contribution in [-0.4, -0.2) is 51.8 Å². The van der Waals surface area contributed by atoms with E-state index in [4.69, 9.17) is 4.99 Å². The van der Waals surface area contributed by atoms with Crippen molar-refractivity contribution in [2.45, 2.75) is 46.2 Å². The van der Waals surface area contributed by atoms with E-state index in [1.807, 2.05) is 30.8 Å². The first-order chi connectivity index (χ1) is 16.1. The molecule has 7 heteroatoms. The van der Waals surface area contributed by atoms with Gasteiger partial charge in [-0.3, -0.25) is 4.90 Å². The molecule has 0 radical (unpaired) electrons. The van der Waals surface area contributed by atoms with Gasteiger partial charge < -0.3 is 10.6 Å². The van der Waals surface area contributed by atoms with Crippen molar-refractivity contribution in [3.05, 3.63) is 77.2 Å². The Morgan fingerprint density at radius 3 is 2.48 bits per heavy atom. The molecule has 0 saturated carbocycles. The Kier molecular flexibility index (Phi) is 7.73. The number of nitrogens with zero attached hydrogens (tertiary/aromatic N) is 5. The molecule has 1 saturated heterocycles. The molecule has 1 aliphatic heterocycles. The SMILES string of the molecule is CCNC(=NCc1ccc(-n2nc(C)cc2C)nc1)NCC(c1ccccc1)N1CCCC1. The highest BCUT2D eigenvalue weighted by Crippen LogP contribution is 2.24. The van der Waals surface area contributed by atoms with Gasteiger partial charge in [-0.25, -0.2) is 14.7 Å². The van der Waals surface area contributed by atoms with Crippen molar-refractivity contribution in [2.24, 2.45) is 4.99 Å². The van der Waals surface area contributed by atoms with Gasteiger partial charge in [-0.2, -0.15) is 5.10 Å². The quantitative estimate of drug-likeness (QED) is 0.408. The number of aromatic nitrogens is 3. The Labute approximate surface area is 197 Å². The highest BCUT2D eigenvalue weighted by atomic mass is 15.3. The zero-order valence-corrected chi connectivity index (χ0v) is 20.0. The Morgan fingerprint density at radius 2 is 1.85 bits per heavy atom. The van der Waals surface area contributed by atoms with Crippen LogP contribution in [0.15, 0.2) is 59.7 Å². The van der Waals surface area contributed by atoms with Crippen LogP contribution in [0.5, 0.6) is 0 Å². The van der Waals surface area contributed by atoms with Gasteiger partial charge in [-0.15, -0.1) is 0 Å². The van der Waals surface area contributed by atoms with E-state index in [1.54, 1.807) is 0 Å². The van der Waals surface area contributed by atoms with E-state index in [-0.39, 0.29) is 0 Å². The summed E-state index contributed by atoms with van der Waals surface area (Å²) in [6.45, 7) is 10.7. The second kappa shape index (κ2) is 11.1. The summed E-state index contributed by atoms with van der Waals surface area (Å²) in [6, 6.07) is 17.3. The van der Waals surface area contributed by atoms with Crippen LogP contribution in [0.1, 0.15) is 48.3 Å². The van der Waals surface area contributed by atoms with Crippen molar-refractivity contribution < 1.29 is 0 Å². The Bertz CT molecular complexity index is 1030. The molecule has 0 bridgehead atoms. The molecule has 4 rings (SSSR count). The molecule has 3 heterocycles. The maximum atomic E-state index is 4.81. The van der Waals surface area contributed by atoms with Gasteiger partial charge in [0.2, 0.25) is 0 Å². The Hall–Kier alpha value is -3.19. The standard InChI is InChI=1S/C26H35N7/c1-4-27-26(30-19-24(32-14-8-9-15-32)23-10-6-5-7-11-23)29-18-22-12-13-25(28-17-22)33-21(3)16-20(2)31-33/h5-7,10-13,16-17,24H,4,8-9,14-15,18-19H2,1-3H3,(H2,27,29,30). The zero-order chi connectivity index (χ0) is 23.0. The van der Waals surface area contributed by atoms with Crippen molar-refractivity contribution in [2.75, 3.05) is 26.2 Å². The summed E-state index contributed by atoms with van der Waals surface area (Å²) in [6.07, 6.45) is 4.44. The maximum Gasteiger partial charge on any atom is 0.191 e. The number of nitrogens with one attached hydrogen (secondary N) is 2.